The fourth-order valence-electron chi connectivity index (χ4n) is 3.91. The lowest BCUT2D eigenvalue weighted by Crippen LogP contribution is -2.59. The van der Waals surface area contributed by atoms with Gasteiger partial charge in [0.2, 0.25) is 0 Å². The Morgan fingerprint density at radius 2 is 1.84 bits per heavy atom. The normalized spacial score (nSPS) is 22.3. The van der Waals surface area contributed by atoms with Crippen LogP contribution in [0, 0.1) is 5.92 Å². The van der Waals surface area contributed by atoms with E-state index in [1.165, 1.54) is 5.06 Å². The lowest BCUT2D eigenvalue weighted by molar-refractivity contribution is -0.253. The molecule has 0 bridgehead atoms. The summed E-state index contributed by atoms with van der Waals surface area (Å²) in [7, 11) is 1.67. The van der Waals surface area contributed by atoms with Crippen LogP contribution in [0.3, 0.4) is 0 Å². The molecule has 1 saturated heterocycles. The van der Waals surface area contributed by atoms with Crippen molar-refractivity contribution in [2.45, 2.75) is 77.0 Å². The standard InChI is InChI=1S/C20H37NO4/c1-16(22)10-11-18(24-6)9-7-8-12-25-15-17-13-19(2,3)21(23)20(4,5)14-17/h10-11,17-18,22-23H,1,7-9,12-15H2,2-6H3/b11-10+. The van der Waals surface area contributed by atoms with Gasteiger partial charge in [0.1, 0.15) is 5.76 Å². The van der Waals surface area contributed by atoms with Crippen LogP contribution in [-0.2, 0) is 9.47 Å². The predicted octanol–water partition coefficient (Wildman–Crippen LogP) is 4.47. The second kappa shape index (κ2) is 9.72. The Bertz CT molecular complexity index is 427. The van der Waals surface area contributed by atoms with E-state index < -0.39 is 0 Å². The molecule has 1 aliphatic rings. The van der Waals surface area contributed by atoms with Gasteiger partial charge >= 0.3 is 0 Å². The maximum atomic E-state index is 10.3. The molecule has 25 heavy (non-hydrogen) atoms. The first-order valence-electron chi connectivity index (χ1n) is 9.24. The van der Waals surface area contributed by atoms with E-state index in [1.807, 2.05) is 6.08 Å². The van der Waals surface area contributed by atoms with Crippen molar-refractivity contribution in [2.24, 2.45) is 5.92 Å². The molecule has 1 unspecified atom stereocenters. The van der Waals surface area contributed by atoms with E-state index >= 15 is 0 Å². The fourth-order valence-corrected chi connectivity index (χ4v) is 3.91. The summed E-state index contributed by atoms with van der Waals surface area (Å²) in [4.78, 5) is 0. The minimum atomic E-state index is -0.218. The zero-order chi connectivity index (χ0) is 19.1. The van der Waals surface area contributed by atoms with Crippen molar-refractivity contribution in [1.29, 1.82) is 0 Å². The molecule has 5 heteroatoms. The number of unbranched alkanes of at least 4 members (excludes halogenated alkanes) is 1. The summed E-state index contributed by atoms with van der Waals surface area (Å²) in [6, 6.07) is 0. The molecule has 0 aromatic rings. The van der Waals surface area contributed by atoms with Gasteiger partial charge in [-0.05, 0) is 71.8 Å². The van der Waals surface area contributed by atoms with Crippen molar-refractivity contribution in [3.05, 3.63) is 24.5 Å². The monoisotopic (exact) mass is 355 g/mol. The van der Waals surface area contributed by atoms with E-state index in [2.05, 4.69) is 34.3 Å². The molecule has 0 amide bonds. The van der Waals surface area contributed by atoms with Gasteiger partial charge in [-0.3, -0.25) is 0 Å². The Morgan fingerprint density at radius 3 is 2.36 bits per heavy atom. The molecule has 0 aromatic heterocycles. The van der Waals surface area contributed by atoms with Gasteiger partial charge in [0.05, 0.1) is 6.10 Å². The molecule has 2 N–H and O–H groups in total. The first kappa shape index (κ1) is 22.2. The quantitative estimate of drug-likeness (QED) is 0.344. The Labute approximate surface area is 153 Å². The molecule has 0 aromatic carbocycles. The highest BCUT2D eigenvalue weighted by Gasteiger charge is 2.44. The van der Waals surface area contributed by atoms with Crippen LogP contribution in [0.5, 0.6) is 0 Å². The van der Waals surface area contributed by atoms with Crippen LogP contribution in [0.15, 0.2) is 24.5 Å². The Balaban J connectivity index is 2.24. The molecule has 146 valence electrons. The van der Waals surface area contributed by atoms with Gasteiger partial charge in [0.15, 0.2) is 0 Å². The highest BCUT2D eigenvalue weighted by atomic mass is 16.5. The van der Waals surface area contributed by atoms with Gasteiger partial charge in [-0.2, -0.15) is 5.06 Å². The van der Waals surface area contributed by atoms with E-state index in [1.54, 1.807) is 13.2 Å². The SMILES string of the molecule is C=C(O)/C=C/C(CCCCOCC1CC(C)(C)N(O)C(C)(C)C1)OC. The van der Waals surface area contributed by atoms with Crippen molar-refractivity contribution in [3.8, 4) is 0 Å². The van der Waals surface area contributed by atoms with Gasteiger partial charge in [-0.25, -0.2) is 0 Å². The number of allylic oxidation sites excluding steroid dienone is 1. The summed E-state index contributed by atoms with van der Waals surface area (Å²) < 4.78 is 11.2. The molecule has 1 aliphatic heterocycles. The average molecular weight is 356 g/mol. The third-order valence-electron chi connectivity index (χ3n) is 4.91. The number of rotatable bonds is 10. The van der Waals surface area contributed by atoms with Crippen LogP contribution in [0.25, 0.3) is 0 Å². The number of hydrogen-bond donors (Lipinski definition) is 2. The third-order valence-corrected chi connectivity index (χ3v) is 4.91. The number of ether oxygens (including phenoxy) is 2. The maximum Gasteiger partial charge on any atom is 0.108 e. The van der Waals surface area contributed by atoms with Crippen molar-refractivity contribution < 1.29 is 19.8 Å². The first-order chi connectivity index (χ1) is 11.6. The van der Waals surface area contributed by atoms with Crippen LogP contribution in [0.1, 0.15) is 59.8 Å². The van der Waals surface area contributed by atoms with E-state index in [-0.39, 0.29) is 22.9 Å². The van der Waals surface area contributed by atoms with Crippen LogP contribution in [-0.4, -0.2) is 52.9 Å². The summed E-state index contributed by atoms with van der Waals surface area (Å²) in [5.74, 6) is 0.517. The molecule has 0 spiro atoms. The van der Waals surface area contributed by atoms with E-state index in [4.69, 9.17) is 14.6 Å². The molecule has 1 atom stereocenters. The minimum Gasteiger partial charge on any atom is -0.509 e. The maximum absolute atomic E-state index is 10.3. The van der Waals surface area contributed by atoms with Crippen molar-refractivity contribution in [3.63, 3.8) is 0 Å². The highest BCUT2D eigenvalue weighted by molar-refractivity contribution is 5.07. The van der Waals surface area contributed by atoms with Crippen LogP contribution < -0.4 is 0 Å². The zero-order valence-electron chi connectivity index (χ0n) is 16.6. The first-order valence-corrected chi connectivity index (χ1v) is 9.24. The minimum absolute atomic E-state index is 0.000574. The second-order valence-corrected chi connectivity index (χ2v) is 8.41. The summed E-state index contributed by atoms with van der Waals surface area (Å²) >= 11 is 0. The number of piperidine rings is 1. The highest BCUT2D eigenvalue weighted by Crippen LogP contribution is 2.39. The summed E-state index contributed by atoms with van der Waals surface area (Å²) in [5.41, 5.74) is -0.435. The van der Waals surface area contributed by atoms with E-state index in [0.717, 1.165) is 45.3 Å². The number of aliphatic hydroxyl groups excluding tert-OH is 1. The van der Waals surface area contributed by atoms with E-state index in [9.17, 15) is 5.21 Å². The zero-order valence-corrected chi connectivity index (χ0v) is 16.6. The van der Waals surface area contributed by atoms with Crippen LogP contribution in [0.2, 0.25) is 0 Å². The lowest BCUT2D eigenvalue weighted by Gasteiger charge is -2.51. The number of aliphatic hydroxyl groups is 1. The van der Waals surface area contributed by atoms with Gasteiger partial charge in [0.25, 0.3) is 0 Å². The van der Waals surface area contributed by atoms with Crippen LogP contribution in [0.4, 0.5) is 0 Å². The van der Waals surface area contributed by atoms with Crippen molar-refractivity contribution in [1.82, 2.24) is 5.06 Å². The molecule has 1 fully saturated rings. The molecular formula is C20H37NO4. The second-order valence-electron chi connectivity index (χ2n) is 8.41. The van der Waals surface area contributed by atoms with Crippen molar-refractivity contribution in [2.75, 3.05) is 20.3 Å². The smallest absolute Gasteiger partial charge is 0.108 e. The topological polar surface area (TPSA) is 62.2 Å². The summed E-state index contributed by atoms with van der Waals surface area (Å²) in [5, 5.41) is 20.9. The number of hydroxylamine groups is 2. The molecule has 0 radical (unpaired) electrons. The van der Waals surface area contributed by atoms with Gasteiger partial charge < -0.3 is 19.8 Å². The third kappa shape index (κ3) is 7.48. The largest absolute Gasteiger partial charge is 0.509 e. The summed E-state index contributed by atoms with van der Waals surface area (Å²) in [6.45, 7) is 13.3. The number of hydrogen-bond acceptors (Lipinski definition) is 5. The number of nitrogens with zero attached hydrogens (tertiary/aromatic N) is 1. The molecular weight excluding hydrogens is 318 g/mol. The van der Waals surface area contributed by atoms with E-state index in [0.29, 0.717) is 5.92 Å². The molecule has 1 rings (SSSR count). The molecule has 0 aliphatic carbocycles. The Kier molecular flexibility index (Phi) is 8.61. The Morgan fingerprint density at radius 1 is 1.24 bits per heavy atom. The predicted molar refractivity (Wildman–Crippen MR) is 101 cm³/mol. The Hall–Kier alpha value is -0.880. The summed E-state index contributed by atoms with van der Waals surface area (Å²) in [6.07, 6.45) is 8.17. The average Bonchev–Trinajstić information content (AvgIpc) is 2.50. The molecule has 1 heterocycles. The fraction of sp³-hybridized carbons (Fsp3) is 0.800. The molecule has 5 nitrogen and oxygen atoms in total. The van der Waals surface area contributed by atoms with Crippen LogP contribution >= 0.6 is 0 Å². The van der Waals surface area contributed by atoms with Gasteiger partial charge in [-0.1, -0.05) is 12.7 Å². The van der Waals surface area contributed by atoms with Crippen molar-refractivity contribution >= 4 is 0 Å². The lowest BCUT2D eigenvalue weighted by atomic mass is 9.75. The van der Waals surface area contributed by atoms with Gasteiger partial charge in [-0.15, -0.1) is 0 Å². The molecule has 0 saturated carbocycles. The number of methoxy groups -OCH3 is 1. The van der Waals surface area contributed by atoms with Gasteiger partial charge in [0, 0.05) is 31.4 Å².